The molecule has 1 amide bonds. The van der Waals surface area contributed by atoms with Crippen LogP contribution in [0.2, 0.25) is 0 Å². The first kappa shape index (κ1) is 18.7. The van der Waals surface area contributed by atoms with Crippen LogP contribution in [-0.2, 0) is 4.79 Å². The number of amides is 1. The van der Waals surface area contributed by atoms with Crippen LogP contribution < -0.4 is 10.6 Å². The molecular formula is C17H24N4OS2. The third-order valence-electron chi connectivity index (χ3n) is 3.31. The van der Waals surface area contributed by atoms with Crippen LogP contribution in [0.4, 0.5) is 5.13 Å². The maximum atomic E-state index is 12.3. The van der Waals surface area contributed by atoms with Crippen LogP contribution in [0, 0.1) is 5.92 Å². The van der Waals surface area contributed by atoms with E-state index >= 15 is 0 Å². The van der Waals surface area contributed by atoms with Gasteiger partial charge in [0.2, 0.25) is 11.0 Å². The zero-order chi connectivity index (χ0) is 17.4. The summed E-state index contributed by atoms with van der Waals surface area (Å²) in [5, 5.41) is 15.2. The predicted molar refractivity (Wildman–Crippen MR) is 102 cm³/mol. The molecule has 2 N–H and O–H groups in total. The second kappa shape index (κ2) is 9.64. The molecular weight excluding hydrogens is 340 g/mol. The molecule has 1 heterocycles. The summed E-state index contributed by atoms with van der Waals surface area (Å²) >= 11 is 2.90. The van der Waals surface area contributed by atoms with Crippen molar-refractivity contribution < 1.29 is 4.79 Å². The van der Waals surface area contributed by atoms with Crippen molar-refractivity contribution in [1.29, 1.82) is 0 Å². The van der Waals surface area contributed by atoms with Crippen molar-refractivity contribution in [2.45, 2.75) is 37.6 Å². The lowest BCUT2D eigenvalue weighted by Crippen LogP contribution is -2.30. The molecule has 0 bridgehead atoms. The summed E-state index contributed by atoms with van der Waals surface area (Å²) in [6.07, 6.45) is 0.920. The van der Waals surface area contributed by atoms with Crippen molar-refractivity contribution in [2.75, 3.05) is 17.6 Å². The molecule has 0 saturated carbocycles. The predicted octanol–water partition coefficient (Wildman–Crippen LogP) is 3.97. The Hall–Kier alpha value is -1.60. The number of hydrogen-bond acceptors (Lipinski definition) is 6. The molecule has 0 aliphatic carbocycles. The number of rotatable bonds is 9. The maximum absolute atomic E-state index is 12.3. The van der Waals surface area contributed by atoms with E-state index in [1.165, 1.54) is 23.1 Å². The lowest BCUT2D eigenvalue weighted by molar-refractivity contribution is -0.119. The number of carbonyl (C=O) groups is 1. The second-order valence-electron chi connectivity index (χ2n) is 5.85. The minimum Gasteiger partial charge on any atom is -0.360 e. The van der Waals surface area contributed by atoms with Crippen LogP contribution in [0.1, 0.15) is 38.8 Å². The molecule has 5 nitrogen and oxygen atoms in total. The van der Waals surface area contributed by atoms with Crippen LogP contribution in [-0.4, -0.2) is 28.4 Å². The minimum atomic E-state index is 0.0229. The van der Waals surface area contributed by atoms with Gasteiger partial charge in [0.25, 0.3) is 0 Å². The highest BCUT2D eigenvalue weighted by atomic mass is 32.2. The molecule has 1 aromatic carbocycles. The van der Waals surface area contributed by atoms with Gasteiger partial charge in [-0.1, -0.05) is 67.3 Å². The number of aromatic nitrogens is 2. The molecule has 0 saturated heterocycles. The Bertz CT molecular complexity index is 631. The molecule has 0 fully saturated rings. The molecule has 2 aromatic rings. The smallest absolute Gasteiger partial charge is 0.230 e. The molecule has 2 rings (SSSR count). The largest absolute Gasteiger partial charge is 0.360 e. The Balaban J connectivity index is 1.90. The van der Waals surface area contributed by atoms with E-state index in [4.69, 9.17) is 0 Å². The fourth-order valence-electron chi connectivity index (χ4n) is 2.29. The summed E-state index contributed by atoms with van der Waals surface area (Å²) in [5.74, 6) is 0.881. The Kier molecular flexibility index (Phi) is 7.52. The summed E-state index contributed by atoms with van der Waals surface area (Å²) in [4.78, 5) is 12.3. The molecule has 1 atom stereocenters. The van der Waals surface area contributed by atoms with Gasteiger partial charge >= 0.3 is 0 Å². The van der Waals surface area contributed by atoms with Crippen LogP contribution >= 0.6 is 23.1 Å². The van der Waals surface area contributed by atoms with Crippen molar-refractivity contribution in [3.8, 4) is 0 Å². The van der Waals surface area contributed by atoms with E-state index in [1.54, 1.807) is 0 Å². The fourth-order valence-corrected chi connectivity index (χ4v) is 3.92. The van der Waals surface area contributed by atoms with Gasteiger partial charge in [0.1, 0.15) is 0 Å². The van der Waals surface area contributed by atoms with Crippen molar-refractivity contribution in [3.63, 3.8) is 0 Å². The first-order chi connectivity index (χ1) is 11.6. The van der Waals surface area contributed by atoms with E-state index in [0.717, 1.165) is 28.0 Å². The van der Waals surface area contributed by atoms with Crippen LogP contribution in [0.5, 0.6) is 0 Å². The molecule has 1 unspecified atom stereocenters. The van der Waals surface area contributed by atoms with Crippen molar-refractivity contribution >= 4 is 34.1 Å². The highest BCUT2D eigenvalue weighted by molar-refractivity contribution is 8.01. The monoisotopic (exact) mass is 364 g/mol. The first-order valence-electron chi connectivity index (χ1n) is 8.13. The fraction of sp³-hybridized carbons (Fsp3) is 0.471. The van der Waals surface area contributed by atoms with Crippen LogP contribution in [0.25, 0.3) is 0 Å². The molecule has 7 heteroatoms. The summed E-state index contributed by atoms with van der Waals surface area (Å²) in [6, 6.07) is 10.2. The standard InChI is InChI=1S/C17H24N4OS2/c1-4-18-16-20-21-17(24-16)23-11-15(22)19-14(10-12(2)3)13-8-6-5-7-9-13/h5-9,12,14H,4,10-11H2,1-3H3,(H,18,20)(H,19,22). The molecule has 0 radical (unpaired) electrons. The number of carbonyl (C=O) groups excluding carboxylic acids is 1. The summed E-state index contributed by atoms with van der Waals surface area (Å²) < 4.78 is 0.807. The lowest BCUT2D eigenvalue weighted by Gasteiger charge is -2.21. The normalized spacial score (nSPS) is 12.2. The second-order valence-corrected chi connectivity index (χ2v) is 8.05. The summed E-state index contributed by atoms with van der Waals surface area (Å²) in [6.45, 7) is 7.16. The van der Waals surface area contributed by atoms with Gasteiger partial charge < -0.3 is 10.6 Å². The molecule has 1 aromatic heterocycles. The highest BCUT2D eigenvalue weighted by Crippen LogP contribution is 2.26. The van der Waals surface area contributed by atoms with E-state index in [0.29, 0.717) is 11.7 Å². The first-order valence-corrected chi connectivity index (χ1v) is 9.93. The van der Waals surface area contributed by atoms with Crippen LogP contribution in [0.3, 0.4) is 0 Å². The van der Waals surface area contributed by atoms with Gasteiger partial charge in [-0.25, -0.2) is 0 Å². The van der Waals surface area contributed by atoms with E-state index < -0.39 is 0 Å². The Labute approximate surface area is 151 Å². The zero-order valence-electron chi connectivity index (χ0n) is 14.3. The maximum Gasteiger partial charge on any atom is 0.230 e. The number of thioether (sulfide) groups is 1. The van der Waals surface area contributed by atoms with Gasteiger partial charge in [0, 0.05) is 6.54 Å². The minimum absolute atomic E-state index is 0.0229. The molecule has 130 valence electrons. The van der Waals surface area contributed by atoms with Gasteiger partial charge in [0.15, 0.2) is 4.34 Å². The van der Waals surface area contributed by atoms with Crippen LogP contribution in [0.15, 0.2) is 34.7 Å². The number of benzene rings is 1. The third-order valence-corrected chi connectivity index (χ3v) is 5.32. The zero-order valence-corrected chi connectivity index (χ0v) is 15.9. The molecule has 0 aliphatic heterocycles. The average Bonchev–Trinajstić information content (AvgIpc) is 3.01. The molecule has 24 heavy (non-hydrogen) atoms. The van der Waals surface area contributed by atoms with Gasteiger partial charge in [-0.2, -0.15) is 0 Å². The van der Waals surface area contributed by atoms with E-state index in [9.17, 15) is 4.79 Å². The highest BCUT2D eigenvalue weighted by Gasteiger charge is 2.16. The summed E-state index contributed by atoms with van der Waals surface area (Å²) in [5.41, 5.74) is 1.15. The number of nitrogens with zero attached hydrogens (tertiary/aromatic N) is 2. The van der Waals surface area contributed by atoms with E-state index in [2.05, 4.69) is 46.8 Å². The van der Waals surface area contributed by atoms with E-state index in [-0.39, 0.29) is 11.9 Å². The Morgan fingerprint density at radius 1 is 1.25 bits per heavy atom. The van der Waals surface area contributed by atoms with Crippen molar-refractivity contribution in [3.05, 3.63) is 35.9 Å². The molecule has 0 spiro atoms. The Morgan fingerprint density at radius 2 is 2.00 bits per heavy atom. The van der Waals surface area contributed by atoms with Gasteiger partial charge in [-0.05, 0) is 24.8 Å². The lowest BCUT2D eigenvalue weighted by atomic mass is 9.97. The molecule has 0 aliphatic rings. The van der Waals surface area contributed by atoms with Gasteiger partial charge in [-0.3, -0.25) is 4.79 Å². The Morgan fingerprint density at radius 3 is 2.67 bits per heavy atom. The average molecular weight is 365 g/mol. The van der Waals surface area contributed by atoms with Crippen molar-refractivity contribution in [1.82, 2.24) is 15.5 Å². The number of hydrogen-bond donors (Lipinski definition) is 2. The van der Waals surface area contributed by atoms with Crippen molar-refractivity contribution in [2.24, 2.45) is 5.92 Å². The topological polar surface area (TPSA) is 66.9 Å². The van der Waals surface area contributed by atoms with Gasteiger partial charge in [-0.15, -0.1) is 10.2 Å². The number of anilines is 1. The summed E-state index contributed by atoms with van der Waals surface area (Å²) in [7, 11) is 0. The van der Waals surface area contributed by atoms with E-state index in [1.807, 2.05) is 25.1 Å². The number of nitrogens with one attached hydrogen (secondary N) is 2. The quantitative estimate of drug-likeness (QED) is 0.659. The third kappa shape index (κ3) is 6.13. The van der Waals surface area contributed by atoms with Gasteiger partial charge in [0.05, 0.1) is 11.8 Å². The SMILES string of the molecule is CCNc1nnc(SCC(=O)NC(CC(C)C)c2ccccc2)s1.